The maximum atomic E-state index is 9.72. The van der Waals surface area contributed by atoms with Crippen LogP contribution in [0.3, 0.4) is 0 Å². The third-order valence-corrected chi connectivity index (χ3v) is 17.9. The van der Waals surface area contributed by atoms with Gasteiger partial charge in [-0.1, -0.05) is 107 Å². The Bertz CT molecular complexity index is 3140. The molecule has 3 aliphatic rings. The zero-order chi connectivity index (χ0) is 66.3. The number of H-pyrrole nitrogens is 3. The largest absolute Gasteiger partial charge is 0.490 e. The van der Waals surface area contributed by atoms with Crippen molar-refractivity contribution in [2.45, 2.75) is 208 Å². The zero-order valence-electron chi connectivity index (χ0n) is 56.9. The predicted molar refractivity (Wildman–Crippen MR) is 391 cm³/mol. The molecule has 538 valence electrons. The number of aliphatic hydroxyl groups excluding tert-OH is 4. The fourth-order valence-electron chi connectivity index (χ4n) is 12.0. The van der Waals surface area contributed by atoms with Gasteiger partial charge in [-0.2, -0.15) is 15.3 Å². The first-order valence-electron chi connectivity index (χ1n) is 34.8. The monoisotopic (exact) mass is 1340 g/mol. The van der Waals surface area contributed by atoms with Gasteiger partial charge in [0.05, 0.1) is 67.2 Å². The first kappa shape index (κ1) is 81.0. The molecule has 3 heterocycles. The molecule has 2 atom stereocenters. The van der Waals surface area contributed by atoms with E-state index in [2.05, 4.69) is 124 Å². The Kier molecular flexibility index (Phi) is 37.1. The van der Waals surface area contributed by atoms with Crippen LogP contribution >= 0.6 is 0 Å². The molecule has 19 nitrogen and oxygen atoms in total. The highest BCUT2D eigenvalue weighted by molar-refractivity contribution is 5.65. The Morgan fingerprint density at radius 2 is 0.897 bits per heavy atom. The summed E-state index contributed by atoms with van der Waals surface area (Å²) >= 11 is 0. The summed E-state index contributed by atoms with van der Waals surface area (Å²) in [7, 11) is 6.46. The van der Waals surface area contributed by atoms with Gasteiger partial charge in [0.1, 0.15) is 54.5 Å². The number of hydrogen-bond donors (Lipinski definition) is 7. The summed E-state index contributed by atoms with van der Waals surface area (Å²) in [5.74, 6) is 4.11. The molecule has 3 aromatic heterocycles. The summed E-state index contributed by atoms with van der Waals surface area (Å²) in [5, 5.41) is 59.1. The van der Waals surface area contributed by atoms with Crippen LogP contribution in [0.5, 0.6) is 23.0 Å². The molecule has 4 aromatic carbocycles. The van der Waals surface area contributed by atoms with E-state index in [0.717, 1.165) is 128 Å². The van der Waals surface area contributed by atoms with Crippen LogP contribution in [0.15, 0.2) is 116 Å². The number of aromatic amines is 3. The SMILES string of the molecule is C.C.C.CCCCN(C)Cc1cn[nH]c1-c1ccc(OC2CC(OCCC(O)CO)C2)cc1.CCCCN(C)Cc1cn[nH]c1-c1ccc(OC2CC(OCCC3CCCCC3)C2)cc1.CCCCN(C)Cc1cn[nH]c1-c1ccc(OCCOc2cccc(C(O)CO)c2)cc1. The van der Waals surface area contributed by atoms with Crippen LogP contribution in [-0.2, 0) is 29.1 Å². The third-order valence-electron chi connectivity index (χ3n) is 17.9. The van der Waals surface area contributed by atoms with E-state index in [1.165, 1.54) is 93.7 Å². The number of rotatable bonds is 38. The van der Waals surface area contributed by atoms with Crippen molar-refractivity contribution >= 4 is 0 Å². The van der Waals surface area contributed by atoms with Crippen LogP contribution in [0.4, 0.5) is 0 Å². The van der Waals surface area contributed by atoms with Gasteiger partial charge in [0.2, 0.25) is 0 Å². The quantitative estimate of drug-likeness (QED) is 0.0178. The van der Waals surface area contributed by atoms with Gasteiger partial charge in [-0.25, -0.2) is 0 Å². The van der Waals surface area contributed by atoms with E-state index in [1.54, 1.807) is 18.2 Å². The van der Waals surface area contributed by atoms with Crippen molar-refractivity contribution < 1.29 is 48.8 Å². The van der Waals surface area contributed by atoms with E-state index in [-0.39, 0.29) is 53.8 Å². The lowest BCUT2D eigenvalue weighted by Gasteiger charge is -2.35. The van der Waals surface area contributed by atoms with Crippen molar-refractivity contribution in [3.05, 3.63) is 138 Å². The maximum absolute atomic E-state index is 9.72. The normalized spacial score (nSPS) is 17.2. The second kappa shape index (κ2) is 44.4. The van der Waals surface area contributed by atoms with Gasteiger partial charge >= 0.3 is 0 Å². The van der Waals surface area contributed by atoms with E-state index in [1.807, 2.05) is 61.1 Å². The highest BCUT2D eigenvalue weighted by Crippen LogP contribution is 2.34. The maximum Gasteiger partial charge on any atom is 0.122 e. The first-order chi connectivity index (χ1) is 45.9. The van der Waals surface area contributed by atoms with Crippen molar-refractivity contribution in [1.82, 2.24) is 45.3 Å². The van der Waals surface area contributed by atoms with Gasteiger partial charge in [-0.15, -0.1) is 0 Å². The molecular formula is C78H121N9O10. The fourth-order valence-corrected chi connectivity index (χ4v) is 12.0. The van der Waals surface area contributed by atoms with Gasteiger partial charge in [0, 0.05) is 91.9 Å². The average molecular weight is 1340 g/mol. The lowest BCUT2D eigenvalue weighted by atomic mass is 9.87. The van der Waals surface area contributed by atoms with E-state index in [0.29, 0.717) is 43.7 Å². The molecule has 3 saturated carbocycles. The Morgan fingerprint density at radius 1 is 0.485 bits per heavy atom. The molecule has 0 radical (unpaired) electrons. The Hall–Kier alpha value is -6.65. The van der Waals surface area contributed by atoms with Crippen LogP contribution in [0.1, 0.15) is 181 Å². The standard InChI is InChI=1S/C27H41N3O2.C25H33N3O4.C23H35N3O4.3CH4/c1-3-4-15-30(2)20-23-19-28-29-27(23)22-10-12-24(13-11-22)32-26-17-25(18-26)31-16-14-21-8-6-5-7-9-21;1-3-4-12-28(2)17-21-16-26-27-25(21)19-8-10-22(11-9-19)31-13-14-32-23-7-5-6-20(15-23)24(30)18-29;1-3-4-10-26(2)15-18-14-24-25-23(18)17-5-7-20(8-6-17)30-22-12-21(13-22)29-11-9-19(28)16-27;;;/h10-13,19,21,25-26H,3-9,14-18,20H2,1-2H3,(H,28,29);5-11,15-16,24,29-30H,3-4,12-14,17-18H2,1-2H3,(H,26,27);5-8,14,19,21-22,27-28H,3-4,9-13,15-16H2,1-2H3,(H,24,25);3*1H4. The summed E-state index contributed by atoms with van der Waals surface area (Å²) in [6.07, 6.45) is 24.9. The number of hydrogen-bond acceptors (Lipinski definition) is 16. The molecule has 3 fully saturated rings. The number of ether oxygens (including phenoxy) is 6. The molecule has 97 heavy (non-hydrogen) atoms. The van der Waals surface area contributed by atoms with E-state index < -0.39 is 12.2 Å². The molecule has 0 aliphatic heterocycles. The lowest BCUT2D eigenvalue weighted by Crippen LogP contribution is -2.40. The van der Waals surface area contributed by atoms with Crippen molar-refractivity contribution in [3.63, 3.8) is 0 Å². The highest BCUT2D eigenvalue weighted by Gasteiger charge is 2.33. The molecular weight excluding hydrogens is 1220 g/mol. The second-order valence-corrected chi connectivity index (χ2v) is 26.0. The minimum Gasteiger partial charge on any atom is -0.490 e. The minimum atomic E-state index is -0.902. The van der Waals surface area contributed by atoms with Crippen LogP contribution in [0, 0.1) is 5.92 Å². The number of nitrogens with one attached hydrogen (secondary N) is 3. The van der Waals surface area contributed by atoms with Gasteiger partial charge in [0.25, 0.3) is 0 Å². The van der Waals surface area contributed by atoms with Crippen LogP contribution in [-0.4, -0.2) is 177 Å². The Balaban J connectivity index is 0.000000259. The first-order valence-corrected chi connectivity index (χ1v) is 34.8. The zero-order valence-corrected chi connectivity index (χ0v) is 56.9. The molecule has 0 amide bonds. The van der Waals surface area contributed by atoms with Crippen LogP contribution in [0.25, 0.3) is 33.8 Å². The van der Waals surface area contributed by atoms with Gasteiger partial charge < -0.3 is 63.5 Å². The molecule has 10 rings (SSSR count). The summed E-state index contributed by atoms with van der Waals surface area (Å²) in [5.41, 5.74) is 10.8. The average Bonchev–Trinajstić information content (AvgIpc) is 1.83. The Morgan fingerprint density at radius 3 is 1.31 bits per heavy atom. The molecule has 3 aliphatic carbocycles. The highest BCUT2D eigenvalue weighted by atomic mass is 16.5. The van der Waals surface area contributed by atoms with E-state index in [9.17, 15) is 10.2 Å². The third kappa shape index (κ3) is 27.2. The van der Waals surface area contributed by atoms with Crippen LogP contribution in [0.2, 0.25) is 0 Å². The topological polar surface area (TPSA) is 232 Å². The number of aliphatic hydroxyl groups is 4. The van der Waals surface area contributed by atoms with Gasteiger partial charge in [0.15, 0.2) is 0 Å². The summed E-state index contributed by atoms with van der Waals surface area (Å²) < 4.78 is 35.5. The molecule has 0 spiro atoms. The van der Waals surface area contributed by atoms with Crippen molar-refractivity contribution in [1.29, 1.82) is 0 Å². The number of unbranched alkanes of at least 4 members (excludes halogenated alkanes) is 3. The van der Waals surface area contributed by atoms with E-state index >= 15 is 0 Å². The van der Waals surface area contributed by atoms with Crippen molar-refractivity contribution in [2.75, 3.05) is 80.4 Å². The van der Waals surface area contributed by atoms with Crippen molar-refractivity contribution in [3.8, 4) is 56.8 Å². The fraction of sp³-hybridized carbons (Fsp3) is 0.577. The Labute approximate surface area is 581 Å². The minimum absolute atomic E-state index is 0. The molecule has 0 bridgehead atoms. The van der Waals surface area contributed by atoms with E-state index in [4.69, 9.17) is 38.6 Å². The molecule has 0 saturated heterocycles. The second-order valence-electron chi connectivity index (χ2n) is 26.0. The van der Waals surface area contributed by atoms with Gasteiger partial charge in [-0.3, -0.25) is 15.3 Å². The smallest absolute Gasteiger partial charge is 0.122 e. The summed E-state index contributed by atoms with van der Waals surface area (Å²) in [4.78, 5) is 7.00. The van der Waals surface area contributed by atoms with Crippen LogP contribution < -0.4 is 18.9 Å². The number of nitrogens with zero attached hydrogens (tertiary/aromatic N) is 6. The lowest BCUT2D eigenvalue weighted by molar-refractivity contribution is -0.0696. The predicted octanol–water partition coefficient (Wildman–Crippen LogP) is 14.9. The molecule has 2 unspecified atom stereocenters. The summed E-state index contributed by atoms with van der Waals surface area (Å²) in [6.45, 7) is 14.2. The summed E-state index contributed by atoms with van der Waals surface area (Å²) in [6, 6.07) is 31.6. The molecule has 19 heteroatoms. The molecule has 7 N–H and O–H groups in total. The number of benzene rings is 4. The molecule has 7 aromatic rings. The van der Waals surface area contributed by atoms with Gasteiger partial charge in [-0.05, 0) is 169 Å². The number of aromatic nitrogens is 6. The van der Waals surface area contributed by atoms with Crippen molar-refractivity contribution in [2.24, 2.45) is 5.92 Å².